The van der Waals surface area contributed by atoms with Crippen LogP contribution < -0.4 is 10.6 Å². The number of hydrogen-bond acceptors (Lipinski definition) is 4. The third-order valence-corrected chi connectivity index (χ3v) is 2.62. The van der Waals surface area contributed by atoms with Gasteiger partial charge in [0, 0.05) is 32.1 Å². The van der Waals surface area contributed by atoms with Crippen LogP contribution >= 0.6 is 0 Å². The number of hydrogen-bond donors (Lipinski definition) is 2. The van der Waals surface area contributed by atoms with E-state index >= 15 is 0 Å². The van der Waals surface area contributed by atoms with Crippen LogP contribution in [0.25, 0.3) is 0 Å². The fraction of sp³-hybridized carbons (Fsp3) is 0.833. The maximum atomic E-state index is 11.7. The van der Waals surface area contributed by atoms with Crippen molar-refractivity contribution in [1.29, 1.82) is 0 Å². The van der Waals surface area contributed by atoms with Gasteiger partial charge in [-0.25, -0.2) is 0 Å². The summed E-state index contributed by atoms with van der Waals surface area (Å²) in [6, 6.07) is 0.160. The van der Waals surface area contributed by atoms with E-state index in [1.54, 1.807) is 4.90 Å². The minimum absolute atomic E-state index is 0.0105. The predicted molar refractivity (Wildman–Crippen MR) is 68.2 cm³/mol. The second-order valence-corrected chi connectivity index (χ2v) is 4.64. The lowest BCUT2D eigenvalue weighted by Gasteiger charge is -2.26. The van der Waals surface area contributed by atoms with E-state index in [-0.39, 0.29) is 24.4 Å². The van der Waals surface area contributed by atoms with E-state index < -0.39 is 0 Å². The summed E-state index contributed by atoms with van der Waals surface area (Å²) >= 11 is 0. The molecule has 104 valence electrons. The normalized spacial score (nSPS) is 15.8. The SMILES string of the molecule is CC(C)NC(=O)CCNCC(=O)N1CCOCC1. The summed E-state index contributed by atoms with van der Waals surface area (Å²) < 4.78 is 5.18. The average molecular weight is 257 g/mol. The molecule has 0 radical (unpaired) electrons. The van der Waals surface area contributed by atoms with Gasteiger partial charge in [0.1, 0.15) is 0 Å². The lowest BCUT2D eigenvalue weighted by Crippen LogP contribution is -2.45. The van der Waals surface area contributed by atoms with Crippen LogP contribution in [0, 0.1) is 0 Å². The molecule has 0 saturated carbocycles. The Kier molecular flexibility index (Phi) is 6.67. The van der Waals surface area contributed by atoms with Gasteiger partial charge in [-0.2, -0.15) is 0 Å². The minimum atomic E-state index is 0.0105. The Bertz CT molecular complexity index is 276. The number of nitrogens with zero attached hydrogens (tertiary/aromatic N) is 1. The Balaban J connectivity index is 2.06. The largest absolute Gasteiger partial charge is 0.378 e. The van der Waals surface area contributed by atoms with Gasteiger partial charge < -0.3 is 20.3 Å². The average Bonchev–Trinajstić information content (AvgIpc) is 2.34. The summed E-state index contributed by atoms with van der Waals surface area (Å²) in [6.07, 6.45) is 0.397. The minimum Gasteiger partial charge on any atom is -0.378 e. The molecule has 0 atom stereocenters. The van der Waals surface area contributed by atoms with Crippen LogP contribution in [0.5, 0.6) is 0 Å². The van der Waals surface area contributed by atoms with Crippen LogP contribution in [-0.4, -0.2) is 62.1 Å². The standard InChI is InChI=1S/C12H23N3O3/c1-10(2)14-11(16)3-4-13-9-12(17)15-5-7-18-8-6-15/h10,13H,3-9H2,1-2H3,(H,14,16). The molecule has 6 nitrogen and oxygen atoms in total. The molecule has 1 rings (SSSR count). The number of carbonyl (C=O) groups is 2. The maximum absolute atomic E-state index is 11.7. The molecule has 0 aromatic heterocycles. The van der Waals surface area contributed by atoms with Gasteiger partial charge in [-0.05, 0) is 13.8 Å². The van der Waals surface area contributed by atoms with Crippen molar-refractivity contribution in [3.05, 3.63) is 0 Å². The second kappa shape index (κ2) is 8.05. The quantitative estimate of drug-likeness (QED) is 0.620. The molecule has 0 spiro atoms. The molecule has 2 N–H and O–H groups in total. The number of morpholine rings is 1. The molecule has 0 aromatic carbocycles. The number of carbonyl (C=O) groups excluding carboxylic acids is 2. The van der Waals surface area contributed by atoms with Gasteiger partial charge in [0.15, 0.2) is 0 Å². The van der Waals surface area contributed by atoms with Crippen molar-refractivity contribution in [2.24, 2.45) is 0 Å². The molecule has 6 heteroatoms. The van der Waals surface area contributed by atoms with Crippen molar-refractivity contribution in [2.75, 3.05) is 39.4 Å². The summed E-state index contributed by atoms with van der Waals surface area (Å²) in [5.41, 5.74) is 0. The van der Waals surface area contributed by atoms with Gasteiger partial charge in [-0.1, -0.05) is 0 Å². The molecule has 0 aliphatic carbocycles. The fourth-order valence-electron chi connectivity index (χ4n) is 1.72. The van der Waals surface area contributed by atoms with Crippen LogP contribution in [0.4, 0.5) is 0 Å². The molecule has 1 heterocycles. The van der Waals surface area contributed by atoms with E-state index in [0.29, 0.717) is 39.3 Å². The molecule has 2 amide bonds. The monoisotopic (exact) mass is 257 g/mol. The molecular weight excluding hydrogens is 234 g/mol. The number of nitrogens with one attached hydrogen (secondary N) is 2. The van der Waals surface area contributed by atoms with Crippen molar-refractivity contribution >= 4 is 11.8 Å². The van der Waals surface area contributed by atoms with Crippen molar-refractivity contribution < 1.29 is 14.3 Å². The van der Waals surface area contributed by atoms with Crippen molar-refractivity contribution in [2.45, 2.75) is 26.3 Å². The molecular formula is C12H23N3O3. The van der Waals surface area contributed by atoms with E-state index in [9.17, 15) is 9.59 Å². The topological polar surface area (TPSA) is 70.7 Å². The highest BCUT2D eigenvalue weighted by Crippen LogP contribution is 1.96. The molecule has 1 saturated heterocycles. The van der Waals surface area contributed by atoms with Crippen LogP contribution in [0.2, 0.25) is 0 Å². The lowest BCUT2D eigenvalue weighted by atomic mass is 10.3. The Hall–Kier alpha value is -1.14. The predicted octanol–water partition coefficient (Wildman–Crippen LogP) is -0.650. The lowest BCUT2D eigenvalue weighted by molar-refractivity contribution is -0.134. The van der Waals surface area contributed by atoms with Crippen molar-refractivity contribution in [1.82, 2.24) is 15.5 Å². The van der Waals surface area contributed by atoms with Gasteiger partial charge in [-0.15, -0.1) is 0 Å². The highest BCUT2D eigenvalue weighted by molar-refractivity contribution is 5.79. The van der Waals surface area contributed by atoms with Crippen LogP contribution in [0.15, 0.2) is 0 Å². The smallest absolute Gasteiger partial charge is 0.236 e. The first-order valence-corrected chi connectivity index (χ1v) is 6.45. The highest BCUT2D eigenvalue weighted by Gasteiger charge is 2.15. The molecule has 0 aromatic rings. The first kappa shape index (κ1) is 14.9. The van der Waals surface area contributed by atoms with Gasteiger partial charge in [-0.3, -0.25) is 9.59 Å². The molecule has 0 bridgehead atoms. The van der Waals surface area contributed by atoms with Gasteiger partial charge >= 0.3 is 0 Å². The van der Waals surface area contributed by atoms with Crippen LogP contribution in [0.1, 0.15) is 20.3 Å². The van der Waals surface area contributed by atoms with Crippen molar-refractivity contribution in [3.63, 3.8) is 0 Å². The summed E-state index contributed by atoms with van der Waals surface area (Å²) in [6.45, 7) is 7.21. The molecule has 1 aliphatic rings. The molecule has 0 unspecified atom stereocenters. The molecule has 18 heavy (non-hydrogen) atoms. The molecule has 1 aliphatic heterocycles. The first-order valence-electron chi connectivity index (χ1n) is 6.45. The Morgan fingerprint density at radius 2 is 1.94 bits per heavy atom. The Morgan fingerprint density at radius 1 is 1.28 bits per heavy atom. The summed E-state index contributed by atoms with van der Waals surface area (Å²) in [7, 11) is 0. The summed E-state index contributed by atoms with van der Waals surface area (Å²) in [4.78, 5) is 24.8. The zero-order chi connectivity index (χ0) is 13.4. The van der Waals surface area contributed by atoms with Crippen molar-refractivity contribution in [3.8, 4) is 0 Å². The Labute approximate surface area is 108 Å². The number of ether oxygens (including phenoxy) is 1. The summed E-state index contributed by atoms with van der Waals surface area (Å²) in [5.74, 6) is 0.0823. The maximum Gasteiger partial charge on any atom is 0.236 e. The zero-order valence-corrected chi connectivity index (χ0v) is 11.2. The fourth-order valence-corrected chi connectivity index (χ4v) is 1.72. The Morgan fingerprint density at radius 3 is 2.56 bits per heavy atom. The summed E-state index contributed by atoms with van der Waals surface area (Å²) in [5, 5.41) is 5.80. The third kappa shape index (κ3) is 5.97. The molecule has 1 fully saturated rings. The van der Waals surface area contributed by atoms with Gasteiger partial charge in [0.2, 0.25) is 11.8 Å². The first-order chi connectivity index (χ1) is 8.59. The van der Waals surface area contributed by atoms with E-state index in [1.807, 2.05) is 13.8 Å². The zero-order valence-electron chi connectivity index (χ0n) is 11.2. The number of amides is 2. The van der Waals surface area contributed by atoms with E-state index in [4.69, 9.17) is 4.74 Å². The third-order valence-electron chi connectivity index (χ3n) is 2.62. The van der Waals surface area contributed by atoms with E-state index in [2.05, 4.69) is 10.6 Å². The highest BCUT2D eigenvalue weighted by atomic mass is 16.5. The van der Waals surface area contributed by atoms with Gasteiger partial charge in [0.05, 0.1) is 19.8 Å². The van der Waals surface area contributed by atoms with Crippen LogP contribution in [0.3, 0.4) is 0 Å². The van der Waals surface area contributed by atoms with E-state index in [0.717, 1.165) is 0 Å². The van der Waals surface area contributed by atoms with Crippen LogP contribution in [-0.2, 0) is 14.3 Å². The second-order valence-electron chi connectivity index (χ2n) is 4.64. The van der Waals surface area contributed by atoms with Gasteiger partial charge in [0.25, 0.3) is 0 Å². The number of rotatable bonds is 6. The van der Waals surface area contributed by atoms with E-state index in [1.165, 1.54) is 0 Å².